The van der Waals surface area contributed by atoms with E-state index in [-0.39, 0.29) is 36.5 Å². The third-order valence-corrected chi connectivity index (χ3v) is 9.51. The van der Waals surface area contributed by atoms with Crippen molar-refractivity contribution in [2.75, 3.05) is 28.2 Å². The Kier molecular flexibility index (Phi) is 16.8. The van der Waals surface area contributed by atoms with Crippen LogP contribution in [0.1, 0.15) is 38.8 Å². The minimum absolute atomic E-state index is 0.0136. The lowest BCUT2D eigenvalue weighted by molar-refractivity contribution is -0.349. The van der Waals surface area contributed by atoms with Gasteiger partial charge in [-0.25, -0.2) is 17.6 Å². The maximum Gasteiger partial charge on any atom is 0.435 e. The van der Waals surface area contributed by atoms with Crippen molar-refractivity contribution in [2.45, 2.75) is 56.2 Å². The molecular formula is C36H22Br2F20N4O4. The van der Waals surface area contributed by atoms with E-state index in [4.69, 9.17) is 5.73 Å². The van der Waals surface area contributed by atoms with Crippen LogP contribution < -0.4 is 31.2 Å². The van der Waals surface area contributed by atoms with E-state index in [0.29, 0.717) is 0 Å². The minimum atomic E-state index is -6.54. The van der Waals surface area contributed by atoms with Crippen LogP contribution in [0, 0.1) is 11.6 Å². The summed E-state index contributed by atoms with van der Waals surface area (Å²) in [7, 11) is 0. The molecule has 0 radical (unpaired) electrons. The van der Waals surface area contributed by atoms with Crippen LogP contribution in [-0.2, 0) is 11.3 Å². The zero-order chi connectivity index (χ0) is 50.7. The highest BCUT2D eigenvalue weighted by atomic mass is 79.9. The number of benzene rings is 4. The number of anilines is 4. The molecule has 0 heterocycles. The molecule has 66 heavy (non-hydrogen) atoms. The minimum Gasteiger partial charge on any atom is -0.433 e. The predicted molar refractivity (Wildman–Crippen MR) is 199 cm³/mol. The molecule has 0 aliphatic rings. The summed E-state index contributed by atoms with van der Waals surface area (Å²) in [5.74, 6) is -7.92. The van der Waals surface area contributed by atoms with Gasteiger partial charge in [0.05, 0.1) is 33.9 Å². The van der Waals surface area contributed by atoms with Crippen LogP contribution in [0.3, 0.4) is 0 Å². The number of nitrogens with two attached hydrogens (primary N) is 1. The van der Waals surface area contributed by atoms with E-state index in [2.05, 4.69) is 46.7 Å². The molecule has 5 N–H and O–H groups in total. The average molecular weight is 1110 g/mol. The number of hydrogen-bond donors (Lipinski definition) is 4. The molecule has 0 fully saturated rings. The third-order valence-electron chi connectivity index (χ3n) is 8.26. The Balaban J connectivity index is 0.000000351. The summed E-state index contributed by atoms with van der Waals surface area (Å²) in [5, 5.41) is 6.26. The Labute approximate surface area is 372 Å². The summed E-state index contributed by atoms with van der Waals surface area (Å²) in [6.07, 6.45) is -26.1. The SMILES string of the molecule is CCNc1cccc(C(=O)Nc2c(Br)cc(C(F)(C(F)(F)F)C(F)(F)F)cc2OC(F)F)c1F.Nc1cccc(C(=O)Nc2c(Br)cc(C(F)(C(F)(F)F)C(F)(F)F)cc2OC(F)F)c1F. The van der Waals surface area contributed by atoms with Crippen LogP contribution >= 0.6 is 31.9 Å². The number of ether oxygens (including phenoxy) is 2. The first-order valence-electron chi connectivity index (χ1n) is 17.0. The second-order valence-corrected chi connectivity index (χ2v) is 14.3. The van der Waals surface area contributed by atoms with Crippen LogP contribution in [0.15, 0.2) is 69.6 Å². The number of hydrogen-bond acceptors (Lipinski definition) is 6. The highest BCUT2D eigenvalue weighted by Gasteiger charge is 2.74. The predicted octanol–water partition coefficient (Wildman–Crippen LogP) is 13.5. The molecule has 0 saturated carbocycles. The molecule has 0 unspecified atom stereocenters. The topological polar surface area (TPSA) is 115 Å². The smallest absolute Gasteiger partial charge is 0.433 e. The summed E-state index contributed by atoms with van der Waals surface area (Å²) in [4.78, 5) is 24.8. The Morgan fingerprint density at radius 2 is 0.939 bits per heavy atom. The van der Waals surface area contributed by atoms with Crippen LogP contribution in [0.2, 0.25) is 0 Å². The van der Waals surface area contributed by atoms with Crippen LogP contribution in [0.4, 0.5) is 111 Å². The van der Waals surface area contributed by atoms with Crippen molar-refractivity contribution in [3.8, 4) is 11.5 Å². The molecular weight excluding hydrogens is 1090 g/mol. The summed E-state index contributed by atoms with van der Waals surface area (Å²) in [5.41, 5.74) is -14.8. The number of carbonyl (C=O) groups is 2. The fourth-order valence-electron chi connectivity index (χ4n) is 5.28. The number of nitrogen functional groups attached to an aromatic ring is 1. The Bertz CT molecular complexity index is 2380. The maximum atomic E-state index is 14.5. The van der Waals surface area contributed by atoms with Crippen molar-refractivity contribution in [1.29, 1.82) is 0 Å². The highest BCUT2D eigenvalue weighted by molar-refractivity contribution is 9.11. The normalized spacial score (nSPS) is 12.7. The Hall–Kier alpha value is -5.42. The first-order valence-corrected chi connectivity index (χ1v) is 18.5. The molecule has 2 amide bonds. The molecule has 364 valence electrons. The molecule has 0 aliphatic heterocycles. The average Bonchev–Trinajstić information content (AvgIpc) is 3.16. The monoisotopic (exact) mass is 1110 g/mol. The van der Waals surface area contributed by atoms with E-state index in [9.17, 15) is 97.4 Å². The first kappa shape index (κ1) is 54.9. The van der Waals surface area contributed by atoms with E-state index in [0.717, 1.165) is 24.3 Å². The van der Waals surface area contributed by atoms with E-state index in [1.54, 1.807) is 12.2 Å². The van der Waals surface area contributed by atoms with E-state index >= 15 is 0 Å². The number of amides is 2. The molecule has 0 bridgehead atoms. The van der Waals surface area contributed by atoms with Gasteiger partial charge in [0, 0.05) is 26.6 Å². The largest absolute Gasteiger partial charge is 0.435 e. The lowest BCUT2D eigenvalue weighted by atomic mass is 9.93. The van der Waals surface area contributed by atoms with Crippen molar-refractivity contribution in [2.24, 2.45) is 0 Å². The second-order valence-electron chi connectivity index (χ2n) is 12.5. The molecule has 4 aromatic rings. The third kappa shape index (κ3) is 11.6. The quantitative estimate of drug-likeness (QED) is 0.0830. The number of rotatable bonds is 12. The summed E-state index contributed by atoms with van der Waals surface area (Å²) >= 11 is 5.01. The van der Waals surface area contributed by atoms with E-state index < -0.39 is 132 Å². The van der Waals surface area contributed by atoms with Crippen molar-refractivity contribution >= 4 is 66.4 Å². The Morgan fingerprint density at radius 3 is 1.27 bits per heavy atom. The summed E-state index contributed by atoms with van der Waals surface area (Å²) < 4.78 is 271. The number of alkyl halides is 18. The molecule has 0 saturated heterocycles. The highest BCUT2D eigenvalue weighted by Crippen LogP contribution is 2.56. The van der Waals surface area contributed by atoms with Crippen LogP contribution in [0.5, 0.6) is 11.5 Å². The fourth-order valence-corrected chi connectivity index (χ4v) is 6.36. The summed E-state index contributed by atoms with van der Waals surface area (Å²) in [6.45, 7) is -5.73. The van der Waals surface area contributed by atoms with Gasteiger partial charge in [0.1, 0.15) is 0 Å². The molecule has 0 aliphatic carbocycles. The Morgan fingerprint density at radius 1 is 0.591 bits per heavy atom. The van der Waals surface area contributed by atoms with Gasteiger partial charge in [-0.1, -0.05) is 12.1 Å². The number of halogens is 22. The summed E-state index contributed by atoms with van der Waals surface area (Å²) in [6, 6.07) is 5.95. The second kappa shape index (κ2) is 20.2. The van der Waals surface area contributed by atoms with Gasteiger partial charge in [-0.15, -0.1) is 0 Å². The van der Waals surface area contributed by atoms with Crippen LogP contribution in [-0.4, -0.2) is 56.3 Å². The molecule has 0 aromatic heterocycles. The van der Waals surface area contributed by atoms with Gasteiger partial charge in [-0.2, -0.15) is 70.2 Å². The van der Waals surface area contributed by atoms with E-state index in [1.165, 1.54) is 12.1 Å². The number of nitrogens with one attached hydrogen (secondary N) is 3. The molecule has 4 rings (SSSR count). The molecule has 0 spiro atoms. The molecule has 4 aromatic carbocycles. The molecule has 0 atom stereocenters. The van der Waals surface area contributed by atoms with Crippen molar-refractivity contribution in [3.05, 3.63) is 103 Å². The number of carbonyl (C=O) groups excluding carboxylic acids is 2. The molecule has 8 nitrogen and oxygen atoms in total. The first-order chi connectivity index (χ1) is 30.0. The van der Waals surface area contributed by atoms with Gasteiger partial charge in [0.2, 0.25) is 0 Å². The fraction of sp³-hybridized carbons (Fsp3) is 0.278. The van der Waals surface area contributed by atoms with Gasteiger partial charge < -0.3 is 31.2 Å². The van der Waals surface area contributed by atoms with Crippen LogP contribution in [0.25, 0.3) is 0 Å². The van der Waals surface area contributed by atoms with Crippen molar-refractivity contribution in [1.82, 2.24) is 0 Å². The van der Waals surface area contributed by atoms with Crippen molar-refractivity contribution in [3.63, 3.8) is 0 Å². The van der Waals surface area contributed by atoms with Gasteiger partial charge in [-0.3, -0.25) is 9.59 Å². The lowest BCUT2D eigenvalue weighted by Gasteiger charge is -2.31. The van der Waals surface area contributed by atoms with Gasteiger partial charge in [0.25, 0.3) is 11.8 Å². The van der Waals surface area contributed by atoms with Gasteiger partial charge in [-0.05, 0) is 87.3 Å². The lowest BCUT2D eigenvalue weighted by Crippen LogP contribution is -2.50. The molecule has 30 heteroatoms. The van der Waals surface area contributed by atoms with E-state index in [1.807, 2.05) is 5.32 Å². The standard InChI is InChI=1S/C19H13BrF10N2O2.C17H9BrF10N2O2/c1-2-31-11-5-3-4-9(13(11)21)15(33)32-14-10(20)6-8(7-12(14)34-16(22)23)17(24,18(25,26)27)19(28,29)30;18-8-4-6(15(22,16(23,24)25)17(26,27)28)5-10(32-14(20)21)12(8)30-13(31)7-2-1-3-9(29)11(7)19/h3-7,16,31H,2H2,1H3,(H,32,33);1-5,14H,29H2,(H,30,31). The zero-order valence-electron chi connectivity index (χ0n) is 31.7. The maximum absolute atomic E-state index is 14.5. The van der Waals surface area contributed by atoms with Gasteiger partial charge in [0.15, 0.2) is 23.1 Å². The van der Waals surface area contributed by atoms with Gasteiger partial charge >= 0.3 is 49.3 Å². The van der Waals surface area contributed by atoms with Crippen molar-refractivity contribution < 1.29 is 107 Å². The zero-order valence-corrected chi connectivity index (χ0v) is 34.8.